The molecule has 2 heterocycles. The number of hydrogen-bond donors (Lipinski definition) is 1. The summed E-state index contributed by atoms with van der Waals surface area (Å²) in [6.07, 6.45) is 0.907. The molecule has 1 aromatic heterocycles. The molecule has 1 N–H and O–H groups in total. The van der Waals surface area contributed by atoms with E-state index in [1.54, 1.807) is 43.4 Å². The molecule has 2 aromatic rings. The summed E-state index contributed by atoms with van der Waals surface area (Å²) in [4.78, 5) is 15.8. The molecule has 0 unspecified atom stereocenters. The fraction of sp³-hybridized carbons (Fsp3) is 0.353. The highest BCUT2D eigenvalue weighted by Crippen LogP contribution is 2.24. The summed E-state index contributed by atoms with van der Waals surface area (Å²) in [6.45, 7) is 5.00. The molecular formula is C17H20N2O3S2. The smallest absolute Gasteiger partial charge is 0.264 e. The zero-order chi connectivity index (χ0) is 17.3. The molecule has 0 aliphatic carbocycles. The minimum absolute atomic E-state index is 0.0828. The molecule has 1 aliphatic heterocycles. The quantitative estimate of drug-likeness (QED) is 0.903. The summed E-state index contributed by atoms with van der Waals surface area (Å²) >= 11 is 1.73. The molecule has 0 bridgehead atoms. The highest BCUT2D eigenvalue weighted by Gasteiger charge is 2.24. The third kappa shape index (κ3) is 3.53. The Morgan fingerprint density at radius 3 is 2.67 bits per heavy atom. The minimum Gasteiger partial charge on any atom is -0.290 e. The standard InChI is InChI=1S/C17H20N2O3S2/c1-12-4-3-5-13(2)17(12)24(21,22)18-16(20)11-19-8-6-15-14(10-19)7-9-23-15/h3-5,7,9H,6,8,10-11H2,1-2H3,(H,18,20). The lowest BCUT2D eigenvalue weighted by molar-refractivity contribution is -0.120. The number of amides is 1. The van der Waals surface area contributed by atoms with E-state index >= 15 is 0 Å². The van der Waals surface area contributed by atoms with Gasteiger partial charge in [-0.05, 0) is 48.4 Å². The van der Waals surface area contributed by atoms with Crippen molar-refractivity contribution in [1.29, 1.82) is 0 Å². The third-order valence-corrected chi connectivity index (χ3v) is 6.88. The first-order chi connectivity index (χ1) is 11.4. The molecule has 1 aliphatic rings. The number of hydrogen-bond acceptors (Lipinski definition) is 5. The van der Waals surface area contributed by atoms with Gasteiger partial charge in [-0.3, -0.25) is 9.69 Å². The Bertz CT molecular complexity index is 851. The first-order valence-corrected chi connectivity index (χ1v) is 10.1. The van der Waals surface area contributed by atoms with Crippen LogP contribution in [-0.2, 0) is 27.8 Å². The lowest BCUT2D eigenvalue weighted by atomic mass is 10.1. The van der Waals surface area contributed by atoms with Crippen LogP contribution >= 0.6 is 11.3 Å². The predicted octanol–water partition coefficient (Wildman–Crippen LogP) is 2.23. The number of benzene rings is 1. The second kappa shape index (κ2) is 6.66. The average Bonchev–Trinajstić information content (AvgIpc) is 2.93. The van der Waals surface area contributed by atoms with Crippen LogP contribution in [0, 0.1) is 13.8 Å². The number of nitrogens with one attached hydrogen (secondary N) is 1. The van der Waals surface area contributed by atoms with Crippen LogP contribution in [0.3, 0.4) is 0 Å². The monoisotopic (exact) mass is 364 g/mol. The van der Waals surface area contributed by atoms with E-state index < -0.39 is 15.9 Å². The van der Waals surface area contributed by atoms with Gasteiger partial charge in [-0.15, -0.1) is 11.3 Å². The molecule has 0 saturated carbocycles. The number of rotatable bonds is 4. The molecule has 0 atom stereocenters. The molecule has 1 amide bonds. The average molecular weight is 364 g/mol. The Balaban J connectivity index is 1.69. The van der Waals surface area contributed by atoms with Crippen LogP contribution in [-0.4, -0.2) is 32.3 Å². The molecule has 24 heavy (non-hydrogen) atoms. The van der Waals surface area contributed by atoms with E-state index in [1.807, 2.05) is 4.90 Å². The van der Waals surface area contributed by atoms with Crippen molar-refractivity contribution >= 4 is 27.3 Å². The van der Waals surface area contributed by atoms with Crippen LogP contribution in [0.4, 0.5) is 0 Å². The molecule has 5 nitrogen and oxygen atoms in total. The van der Waals surface area contributed by atoms with Gasteiger partial charge in [0.05, 0.1) is 11.4 Å². The Hall–Kier alpha value is -1.70. The molecule has 0 fully saturated rings. The molecule has 7 heteroatoms. The Labute approximate surface area is 146 Å². The van der Waals surface area contributed by atoms with Crippen molar-refractivity contribution < 1.29 is 13.2 Å². The maximum absolute atomic E-state index is 12.5. The first kappa shape index (κ1) is 17.1. The zero-order valence-corrected chi connectivity index (χ0v) is 15.3. The van der Waals surface area contributed by atoms with Gasteiger partial charge >= 0.3 is 0 Å². The fourth-order valence-electron chi connectivity index (χ4n) is 3.10. The molecular weight excluding hydrogens is 344 g/mol. The zero-order valence-electron chi connectivity index (χ0n) is 13.7. The molecule has 3 rings (SSSR count). The maximum Gasteiger partial charge on any atom is 0.264 e. The number of sulfonamides is 1. The normalized spacial score (nSPS) is 15.1. The Morgan fingerprint density at radius 1 is 1.25 bits per heavy atom. The summed E-state index contributed by atoms with van der Waals surface area (Å²) in [6, 6.07) is 7.33. The molecule has 0 radical (unpaired) electrons. The van der Waals surface area contributed by atoms with Crippen molar-refractivity contribution in [2.45, 2.75) is 31.7 Å². The predicted molar refractivity (Wildman–Crippen MR) is 94.5 cm³/mol. The highest BCUT2D eigenvalue weighted by molar-refractivity contribution is 7.90. The van der Waals surface area contributed by atoms with Gasteiger partial charge in [0, 0.05) is 18.0 Å². The summed E-state index contributed by atoms with van der Waals surface area (Å²) in [5.74, 6) is -0.490. The number of thiophene rings is 1. The van der Waals surface area contributed by atoms with E-state index in [0.717, 1.165) is 13.0 Å². The van der Waals surface area contributed by atoms with E-state index in [-0.39, 0.29) is 11.4 Å². The highest BCUT2D eigenvalue weighted by atomic mass is 32.2. The molecule has 0 spiro atoms. The van der Waals surface area contributed by atoms with Crippen LogP contribution < -0.4 is 4.72 Å². The van der Waals surface area contributed by atoms with Crippen LogP contribution in [0.5, 0.6) is 0 Å². The van der Waals surface area contributed by atoms with E-state index in [4.69, 9.17) is 0 Å². The van der Waals surface area contributed by atoms with Crippen LogP contribution in [0.2, 0.25) is 0 Å². The van der Waals surface area contributed by atoms with Crippen molar-refractivity contribution in [2.24, 2.45) is 0 Å². The largest absolute Gasteiger partial charge is 0.290 e. The van der Waals surface area contributed by atoms with Crippen LogP contribution in [0.1, 0.15) is 21.6 Å². The minimum atomic E-state index is -3.85. The summed E-state index contributed by atoms with van der Waals surface area (Å²) in [7, 11) is -3.85. The van der Waals surface area contributed by atoms with Gasteiger partial charge in [0.15, 0.2) is 0 Å². The maximum atomic E-state index is 12.5. The van der Waals surface area contributed by atoms with E-state index in [9.17, 15) is 13.2 Å². The third-order valence-electron chi connectivity index (χ3n) is 4.18. The molecule has 1 aromatic carbocycles. The summed E-state index contributed by atoms with van der Waals surface area (Å²) in [5.41, 5.74) is 2.50. The van der Waals surface area contributed by atoms with Gasteiger partial charge in [0.25, 0.3) is 10.0 Å². The fourth-order valence-corrected chi connectivity index (χ4v) is 5.44. The van der Waals surface area contributed by atoms with Crippen molar-refractivity contribution in [3.05, 3.63) is 51.2 Å². The number of carbonyl (C=O) groups excluding carboxylic acids is 1. The van der Waals surface area contributed by atoms with Gasteiger partial charge in [-0.2, -0.15) is 0 Å². The first-order valence-electron chi connectivity index (χ1n) is 7.76. The van der Waals surface area contributed by atoms with Gasteiger partial charge in [-0.1, -0.05) is 18.2 Å². The Kier molecular flexibility index (Phi) is 4.76. The van der Waals surface area contributed by atoms with Crippen LogP contribution in [0.25, 0.3) is 0 Å². The van der Waals surface area contributed by atoms with Gasteiger partial charge in [-0.25, -0.2) is 13.1 Å². The summed E-state index contributed by atoms with van der Waals surface area (Å²) < 4.78 is 27.3. The molecule has 0 saturated heterocycles. The number of nitrogens with zero attached hydrogens (tertiary/aromatic N) is 1. The van der Waals surface area contributed by atoms with Crippen LogP contribution in [0.15, 0.2) is 34.5 Å². The lowest BCUT2D eigenvalue weighted by Crippen LogP contribution is -2.41. The lowest BCUT2D eigenvalue weighted by Gasteiger charge is -2.26. The molecule has 128 valence electrons. The van der Waals surface area contributed by atoms with E-state index in [1.165, 1.54) is 10.4 Å². The second-order valence-corrected chi connectivity index (χ2v) is 8.70. The van der Waals surface area contributed by atoms with E-state index in [0.29, 0.717) is 17.7 Å². The van der Waals surface area contributed by atoms with Gasteiger partial charge in [0.2, 0.25) is 5.91 Å². The number of carbonyl (C=O) groups is 1. The second-order valence-electron chi connectivity index (χ2n) is 6.08. The van der Waals surface area contributed by atoms with Gasteiger partial charge in [0.1, 0.15) is 0 Å². The van der Waals surface area contributed by atoms with E-state index in [2.05, 4.69) is 16.2 Å². The Morgan fingerprint density at radius 2 is 1.96 bits per heavy atom. The number of aryl methyl sites for hydroxylation is 2. The topological polar surface area (TPSA) is 66.5 Å². The van der Waals surface area contributed by atoms with Gasteiger partial charge < -0.3 is 0 Å². The SMILES string of the molecule is Cc1cccc(C)c1S(=O)(=O)NC(=O)CN1CCc2sccc2C1. The van der Waals surface area contributed by atoms with Crippen molar-refractivity contribution in [3.8, 4) is 0 Å². The van der Waals surface area contributed by atoms with Crippen molar-refractivity contribution in [2.75, 3.05) is 13.1 Å². The van der Waals surface area contributed by atoms with Crippen molar-refractivity contribution in [1.82, 2.24) is 9.62 Å². The van der Waals surface area contributed by atoms with Crippen molar-refractivity contribution in [3.63, 3.8) is 0 Å². The summed E-state index contributed by atoms with van der Waals surface area (Å²) in [5, 5.41) is 2.06. The number of fused-ring (bicyclic) bond motifs is 1.